The maximum Gasteiger partial charge on any atom is 0.350 e. The van der Waals surface area contributed by atoms with Crippen molar-refractivity contribution in [3.05, 3.63) is 30.6 Å². The first-order valence-corrected chi connectivity index (χ1v) is 11.5. The number of ether oxygens (including phenoxy) is 2. The SMILES string of the molecule is CCCOc1ccc(Sc2nc(N)nc3c2ncn3CCOCP(=O)(O)O)cc1. The van der Waals surface area contributed by atoms with Crippen LogP contribution in [-0.2, 0) is 15.8 Å². The molecular weight excluding hydrogens is 417 g/mol. The normalized spacial score (nSPS) is 11.8. The molecule has 0 aliphatic rings. The van der Waals surface area contributed by atoms with Crippen LogP contribution in [0.2, 0.25) is 0 Å². The van der Waals surface area contributed by atoms with Crippen molar-refractivity contribution in [1.29, 1.82) is 0 Å². The molecule has 0 spiro atoms. The van der Waals surface area contributed by atoms with E-state index in [2.05, 4.69) is 21.9 Å². The number of benzene rings is 1. The maximum atomic E-state index is 10.8. The van der Waals surface area contributed by atoms with Crippen LogP contribution < -0.4 is 10.5 Å². The van der Waals surface area contributed by atoms with Crippen LogP contribution in [0.3, 0.4) is 0 Å². The summed E-state index contributed by atoms with van der Waals surface area (Å²) in [6.07, 6.45) is 1.89. The van der Waals surface area contributed by atoms with Crippen molar-refractivity contribution in [3.63, 3.8) is 0 Å². The molecule has 4 N–H and O–H groups in total. The van der Waals surface area contributed by atoms with Gasteiger partial charge in [0.1, 0.15) is 22.6 Å². The minimum Gasteiger partial charge on any atom is -0.494 e. The summed E-state index contributed by atoms with van der Waals surface area (Å²) >= 11 is 1.41. The van der Waals surface area contributed by atoms with Crippen LogP contribution in [-0.4, -0.2) is 48.9 Å². The van der Waals surface area contributed by atoms with Crippen molar-refractivity contribution in [1.82, 2.24) is 19.5 Å². The highest BCUT2D eigenvalue weighted by molar-refractivity contribution is 7.99. The standard InChI is InChI=1S/C17H22N5O5PS/c1-2-8-27-12-3-5-13(6-4-12)29-16-14-15(20-17(18)21-16)22(10-19-14)7-9-26-11-28(23,24)25/h3-6,10H,2,7-9,11H2,1H3,(H2,18,20,21)(H2,23,24,25). The number of aromatic nitrogens is 4. The fourth-order valence-corrected chi connectivity index (χ4v) is 3.69. The summed E-state index contributed by atoms with van der Waals surface area (Å²) in [5.74, 6) is 0.920. The summed E-state index contributed by atoms with van der Waals surface area (Å²) in [7, 11) is -4.19. The zero-order chi connectivity index (χ0) is 20.9. The molecule has 0 unspecified atom stereocenters. The summed E-state index contributed by atoms with van der Waals surface area (Å²) in [5, 5.41) is 0.615. The van der Waals surface area contributed by atoms with Crippen LogP contribution >= 0.6 is 19.4 Å². The Bertz CT molecular complexity index is 1010. The summed E-state index contributed by atoms with van der Waals surface area (Å²) in [4.78, 5) is 31.5. The number of nitrogens with zero attached hydrogens (tertiary/aromatic N) is 4. The Hall–Kier alpha value is -2.17. The van der Waals surface area contributed by atoms with Crippen molar-refractivity contribution in [2.24, 2.45) is 0 Å². The van der Waals surface area contributed by atoms with Gasteiger partial charge in [0.05, 0.1) is 19.5 Å². The zero-order valence-electron chi connectivity index (χ0n) is 15.8. The molecule has 0 aliphatic carbocycles. The molecule has 0 bridgehead atoms. The molecule has 1 aromatic carbocycles. The first kappa shape index (κ1) is 21.5. The lowest BCUT2D eigenvalue weighted by molar-refractivity contribution is 0.149. The molecule has 12 heteroatoms. The first-order valence-electron chi connectivity index (χ1n) is 8.87. The third-order valence-electron chi connectivity index (χ3n) is 3.70. The van der Waals surface area contributed by atoms with Gasteiger partial charge < -0.3 is 29.6 Å². The second-order valence-corrected chi connectivity index (χ2v) is 8.77. The lowest BCUT2D eigenvalue weighted by atomic mass is 10.3. The Morgan fingerprint density at radius 3 is 2.66 bits per heavy atom. The number of hydrogen-bond acceptors (Lipinski definition) is 8. The van der Waals surface area contributed by atoms with E-state index >= 15 is 0 Å². The zero-order valence-corrected chi connectivity index (χ0v) is 17.5. The smallest absolute Gasteiger partial charge is 0.350 e. The molecule has 0 saturated carbocycles. The molecule has 3 rings (SSSR count). The molecule has 3 aromatic rings. The number of fused-ring (bicyclic) bond motifs is 1. The van der Waals surface area contributed by atoms with Gasteiger partial charge in [0, 0.05) is 11.4 Å². The Balaban J connectivity index is 1.73. The van der Waals surface area contributed by atoms with E-state index in [1.807, 2.05) is 24.3 Å². The highest BCUT2D eigenvalue weighted by atomic mass is 32.2. The predicted molar refractivity (Wildman–Crippen MR) is 109 cm³/mol. The molecule has 0 aliphatic heterocycles. The second-order valence-electron chi connectivity index (χ2n) is 6.12. The summed E-state index contributed by atoms with van der Waals surface area (Å²) in [6.45, 7) is 3.14. The third-order valence-corrected chi connectivity index (χ3v) is 5.20. The lowest BCUT2D eigenvalue weighted by Gasteiger charge is -2.08. The maximum absolute atomic E-state index is 10.8. The van der Waals surface area contributed by atoms with E-state index in [1.54, 1.807) is 10.9 Å². The van der Waals surface area contributed by atoms with E-state index in [0.717, 1.165) is 17.1 Å². The topological polar surface area (TPSA) is 146 Å². The number of anilines is 1. The molecule has 0 radical (unpaired) electrons. The highest BCUT2D eigenvalue weighted by Crippen LogP contribution is 2.34. The van der Waals surface area contributed by atoms with Gasteiger partial charge >= 0.3 is 7.60 Å². The van der Waals surface area contributed by atoms with Crippen molar-refractivity contribution >= 4 is 36.5 Å². The predicted octanol–water partition coefficient (Wildman–Crippen LogP) is 2.50. The highest BCUT2D eigenvalue weighted by Gasteiger charge is 2.15. The van der Waals surface area contributed by atoms with Gasteiger partial charge in [0.25, 0.3) is 0 Å². The minimum atomic E-state index is -4.19. The van der Waals surface area contributed by atoms with E-state index in [4.69, 9.17) is 25.0 Å². The third kappa shape index (κ3) is 6.15. The molecule has 2 heterocycles. The number of hydrogen-bond donors (Lipinski definition) is 3. The number of nitrogens with two attached hydrogens (primary N) is 1. The van der Waals surface area contributed by atoms with Crippen LogP contribution in [0.1, 0.15) is 13.3 Å². The Kier molecular flexibility index (Phi) is 7.09. The minimum absolute atomic E-state index is 0.0994. The molecule has 2 aromatic heterocycles. The Labute approximate surface area is 171 Å². The fraction of sp³-hybridized carbons (Fsp3) is 0.353. The van der Waals surface area contributed by atoms with Gasteiger partial charge in [-0.3, -0.25) is 4.57 Å². The van der Waals surface area contributed by atoms with E-state index in [1.165, 1.54) is 11.8 Å². The second kappa shape index (κ2) is 9.55. The van der Waals surface area contributed by atoms with E-state index in [9.17, 15) is 4.57 Å². The van der Waals surface area contributed by atoms with Crippen LogP contribution in [0.4, 0.5) is 5.95 Å². The monoisotopic (exact) mass is 439 g/mol. The van der Waals surface area contributed by atoms with Crippen molar-refractivity contribution in [2.45, 2.75) is 29.8 Å². The van der Waals surface area contributed by atoms with Gasteiger partial charge in [-0.05, 0) is 30.7 Å². The summed E-state index contributed by atoms with van der Waals surface area (Å²) < 4.78 is 23.2. The molecule has 29 heavy (non-hydrogen) atoms. The van der Waals surface area contributed by atoms with Crippen LogP contribution in [0.15, 0.2) is 40.5 Å². The van der Waals surface area contributed by atoms with Gasteiger partial charge in [-0.25, -0.2) is 9.97 Å². The summed E-state index contributed by atoms with van der Waals surface area (Å²) in [6, 6.07) is 7.67. The van der Waals surface area contributed by atoms with Crippen molar-refractivity contribution in [3.8, 4) is 5.75 Å². The molecule has 0 atom stereocenters. The van der Waals surface area contributed by atoms with Gasteiger partial charge in [-0.15, -0.1) is 0 Å². The first-order chi connectivity index (χ1) is 13.9. The van der Waals surface area contributed by atoms with Gasteiger partial charge in [0.15, 0.2) is 5.65 Å². The van der Waals surface area contributed by atoms with E-state index < -0.39 is 13.9 Å². The average Bonchev–Trinajstić information content (AvgIpc) is 3.07. The number of imidazole rings is 1. The van der Waals surface area contributed by atoms with Gasteiger partial charge in [-0.1, -0.05) is 18.7 Å². The number of rotatable bonds is 10. The van der Waals surface area contributed by atoms with Crippen molar-refractivity contribution < 1.29 is 23.8 Å². The Morgan fingerprint density at radius 2 is 1.97 bits per heavy atom. The summed E-state index contributed by atoms with van der Waals surface area (Å²) in [5.41, 5.74) is 6.99. The number of nitrogen functional groups attached to an aromatic ring is 1. The molecule has 0 amide bonds. The van der Waals surface area contributed by atoms with Crippen LogP contribution in [0.5, 0.6) is 5.75 Å². The quantitative estimate of drug-likeness (QED) is 0.245. The Morgan fingerprint density at radius 1 is 1.21 bits per heavy atom. The molecule has 0 fully saturated rings. The largest absolute Gasteiger partial charge is 0.494 e. The van der Waals surface area contributed by atoms with Crippen molar-refractivity contribution in [2.75, 3.05) is 25.3 Å². The van der Waals surface area contributed by atoms with Crippen LogP contribution in [0.25, 0.3) is 11.2 Å². The van der Waals surface area contributed by atoms with E-state index in [0.29, 0.717) is 29.3 Å². The molecule has 0 saturated heterocycles. The lowest BCUT2D eigenvalue weighted by Crippen LogP contribution is -2.07. The molecule has 10 nitrogen and oxygen atoms in total. The fourth-order valence-electron chi connectivity index (χ4n) is 2.45. The van der Waals surface area contributed by atoms with Gasteiger partial charge in [-0.2, -0.15) is 4.98 Å². The van der Waals surface area contributed by atoms with E-state index in [-0.39, 0.29) is 12.6 Å². The molecular formula is C17H22N5O5PS. The average molecular weight is 439 g/mol. The van der Waals surface area contributed by atoms with Crippen LogP contribution in [0, 0.1) is 0 Å². The molecule has 156 valence electrons. The van der Waals surface area contributed by atoms with Gasteiger partial charge in [0.2, 0.25) is 5.95 Å².